The predicted octanol–water partition coefficient (Wildman–Crippen LogP) is 1.19. The minimum atomic E-state index is -0.0831. The number of carbonyl (C=O) groups excluding carboxylic acids is 2. The van der Waals surface area contributed by atoms with Crippen LogP contribution in [0, 0.1) is 0 Å². The molecule has 1 aromatic carbocycles. The Bertz CT molecular complexity index is 634. The van der Waals surface area contributed by atoms with Gasteiger partial charge in [0, 0.05) is 32.4 Å². The molecule has 8 heteroatoms. The lowest BCUT2D eigenvalue weighted by atomic mass is 10.0. The summed E-state index contributed by atoms with van der Waals surface area (Å²) in [6.07, 6.45) is 1.97. The van der Waals surface area contributed by atoms with Gasteiger partial charge in [-0.3, -0.25) is 9.59 Å². The Balaban J connectivity index is 1.82. The Morgan fingerprint density at radius 2 is 2.25 bits per heavy atom. The summed E-state index contributed by atoms with van der Waals surface area (Å²) < 4.78 is 5.60. The third-order valence-electron chi connectivity index (χ3n) is 3.44. The van der Waals surface area contributed by atoms with E-state index in [9.17, 15) is 9.59 Å². The zero-order chi connectivity index (χ0) is 17.4. The van der Waals surface area contributed by atoms with Gasteiger partial charge in [-0.1, -0.05) is 11.6 Å². The highest BCUT2D eigenvalue weighted by atomic mass is 35.5. The number of nitrogens with one attached hydrogen (secondary N) is 2. The number of ether oxygens (including phenoxy) is 1. The standard InChI is InChI=1S/C16H21ClN4O3/c17-12-10-11(13-4-6-16(23)21-20-13)3-5-14(12)24-9-1-2-15(22)19-8-7-18/h3,5,10H,1-2,4,6-9,18H2,(H,19,22)(H,21,23). The number of halogens is 1. The van der Waals surface area contributed by atoms with Crippen LogP contribution in [0.3, 0.4) is 0 Å². The normalized spacial score (nSPS) is 13.9. The van der Waals surface area contributed by atoms with Gasteiger partial charge in [0.2, 0.25) is 11.8 Å². The number of amides is 2. The summed E-state index contributed by atoms with van der Waals surface area (Å²) in [5.41, 5.74) is 9.42. The van der Waals surface area contributed by atoms with Gasteiger partial charge in [-0.15, -0.1) is 0 Å². The minimum Gasteiger partial charge on any atom is -0.492 e. The van der Waals surface area contributed by atoms with E-state index in [1.165, 1.54) is 0 Å². The summed E-state index contributed by atoms with van der Waals surface area (Å²) in [7, 11) is 0. The molecule has 0 saturated carbocycles. The van der Waals surface area contributed by atoms with Gasteiger partial charge in [0.25, 0.3) is 0 Å². The number of nitrogens with two attached hydrogens (primary N) is 1. The average Bonchev–Trinajstić information content (AvgIpc) is 2.58. The van der Waals surface area contributed by atoms with Gasteiger partial charge in [-0.05, 0) is 30.2 Å². The number of hydrogen-bond acceptors (Lipinski definition) is 5. The fraction of sp³-hybridized carbons (Fsp3) is 0.438. The Labute approximate surface area is 145 Å². The SMILES string of the molecule is NCCNC(=O)CCCOc1ccc(C2=NNC(=O)CC2)cc1Cl. The van der Waals surface area contributed by atoms with Crippen molar-refractivity contribution in [2.24, 2.45) is 10.8 Å². The zero-order valence-corrected chi connectivity index (χ0v) is 14.1. The van der Waals surface area contributed by atoms with Crippen LogP contribution < -0.4 is 21.2 Å². The summed E-state index contributed by atoms with van der Waals surface area (Å²) in [5, 5.41) is 7.21. The van der Waals surface area contributed by atoms with Crippen LogP contribution in [-0.4, -0.2) is 37.2 Å². The highest BCUT2D eigenvalue weighted by molar-refractivity contribution is 6.32. The molecule has 0 bridgehead atoms. The molecule has 1 aliphatic heterocycles. The summed E-state index contributed by atoms with van der Waals surface area (Å²) in [6.45, 7) is 1.31. The van der Waals surface area contributed by atoms with Crippen molar-refractivity contribution in [3.63, 3.8) is 0 Å². The fourth-order valence-corrected chi connectivity index (χ4v) is 2.43. The van der Waals surface area contributed by atoms with Crippen LogP contribution in [0.25, 0.3) is 0 Å². The quantitative estimate of drug-likeness (QED) is 0.611. The molecule has 0 aliphatic carbocycles. The van der Waals surface area contributed by atoms with Crippen molar-refractivity contribution in [2.75, 3.05) is 19.7 Å². The van der Waals surface area contributed by atoms with Gasteiger partial charge >= 0.3 is 0 Å². The first kappa shape index (κ1) is 18.2. The van der Waals surface area contributed by atoms with E-state index in [2.05, 4.69) is 15.8 Å². The molecule has 7 nitrogen and oxygen atoms in total. The van der Waals surface area contributed by atoms with E-state index in [1.807, 2.05) is 6.07 Å². The zero-order valence-electron chi connectivity index (χ0n) is 13.3. The van der Waals surface area contributed by atoms with Gasteiger partial charge in [0.15, 0.2) is 0 Å². The molecule has 1 aromatic rings. The molecule has 0 radical (unpaired) electrons. The van der Waals surface area contributed by atoms with Crippen LogP contribution in [0.5, 0.6) is 5.75 Å². The Morgan fingerprint density at radius 1 is 1.42 bits per heavy atom. The molecule has 0 saturated heterocycles. The molecule has 1 heterocycles. The topological polar surface area (TPSA) is 106 Å². The van der Waals surface area contributed by atoms with E-state index >= 15 is 0 Å². The van der Waals surface area contributed by atoms with Crippen molar-refractivity contribution < 1.29 is 14.3 Å². The van der Waals surface area contributed by atoms with Crippen molar-refractivity contribution in [1.29, 1.82) is 0 Å². The highest BCUT2D eigenvalue weighted by Crippen LogP contribution is 2.27. The Hall–Kier alpha value is -2.12. The fourth-order valence-electron chi connectivity index (χ4n) is 2.19. The molecular weight excluding hydrogens is 332 g/mol. The second-order valence-electron chi connectivity index (χ2n) is 5.33. The molecule has 4 N–H and O–H groups in total. The molecule has 0 fully saturated rings. The molecule has 2 rings (SSSR count). The van der Waals surface area contributed by atoms with Gasteiger partial charge in [-0.2, -0.15) is 5.10 Å². The largest absolute Gasteiger partial charge is 0.492 e. The van der Waals surface area contributed by atoms with E-state index in [1.54, 1.807) is 12.1 Å². The van der Waals surface area contributed by atoms with Crippen LogP contribution in [0.2, 0.25) is 5.02 Å². The maximum atomic E-state index is 11.4. The molecule has 2 amide bonds. The lowest BCUT2D eigenvalue weighted by Crippen LogP contribution is -2.29. The van der Waals surface area contributed by atoms with Crippen LogP contribution in [0.1, 0.15) is 31.2 Å². The molecule has 0 atom stereocenters. The van der Waals surface area contributed by atoms with E-state index in [4.69, 9.17) is 22.1 Å². The van der Waals surface area contributed by atoms with Crippen LogP contribution >= 0.6 is 11.6 Å². The van der Waals surface area contributed by atoms with E-state index in [0.717, 1.165) is 11.3 Å². The summed E-state index contributed by atoms with van der Waals surface area (Å²) in [6, 6.07) is 5.39. The average molecular weight is 353 g/mol. The van der Waals surface area contributed by atoms with Crippen molar-refractivity contribution in [3.05, 3.63) is 28.8 Å². The third kappa shape index (κ3) is 5.50. The third-order valence-corrected chi connectivity index (χ3v) is 3.74. The van der Waals surface area contributed by atoms with Gasteiger partial charge in [0.1, 0.15) is 5.75 Å². The first-order valence-electron chi connectivity index (χ1n) is 7.85. The summed E-state index contributed by atoms with van der Waals surface area (Å²) in [4.78, 5) is 22.5. The number of benzene rings is 1. The minimum absolute atomic E-state index is 0.0390. The molecule has 0 aromatic heterocycles. The number of carbonyl (C=O) groups is 2. The lowest BCUT2D eigenvalue weighted by Gasteiger charge is -2.14. The van der Waals surface area contributed by atoms with E-state index in [-0.39, 0.29) is 11.8 Å². The monoisotopic (exact) mass is 352 g/mol. The second kappa shape index (κ2) is 9.24. The van der Waals surface area contributed by atoms with Crippen molar-refractivity contribution in [1.82, 2.24) is 10.7 Å². The number of nitrogens with zero attached hydrogens (tertiary/aromatic N) is 1. The van der Waals surface area contributed by atoms with E-state index in [0.29, 0.717) is 56.2 Å². The first-order chi connectivity index (χ1) is 11.6. The van der Waals surface area contributed by atoms with Gasteiger partial charge < -0.3 is 15.8 Å². The number of rotatable bonds is 8. The molecule has 0 unspecified atom stereocenters. The van der Waals surface area contributed by atoms with E-state index < -0.39 is 0 Å². The highest BCUT2D eigenvalue weighted by Gasteiger charge is 2.14. The van der Waals surface area contributed by atoms with Crippen LogP contribution in [0.4, 0.5) is 0 Å². The lowest BCUT2D eigenvalue weighted by molar-refractivity contribution is -0.122. The molecule has 130 valence electrons. The maximum absolute atomic E-state index is 11.4. The molecular formula is C16H21ClN4O3. The predicted molar refractivity (Wildman–Crippen MR) is 92.2 cm³/mol. The number of hydrazone groups is 1. The molecule has 24 heavy (non-hydrogen) atoms. The van der Waals surface area contributed by atoms with Crippen molar-refractivity contribution >= 4 is 29.1 Å². The number of hydrogen-bond donors (Lipinski definition) is 3. The van der Waals surface area contributed by atoms with Crippen molar-refractivity contribution in [3.8, 4) is 5.75 Å². The Morgan fingerprint density at radius 3 is 2.92 bits per heavy atom. The van der Waals surface area contributed by atoms with Crippen LogP contribution in [-0.2, 0) is 9.59 Å². The Kier molecular flexibility index (Phi) is 7.02. The van der Waals surface area contributed by atoms with Crippen LogP contribution in [0.15, 0.2) is 23.3 Å². The van der Waals surface area contributed by atoms with Gasteiger partial charge in [-0.25, -0.2) is 5.43 Å². The smallest absolute Gasteiger partial charge is 0.240 e. The maximum Gasteiger partial charge on any atom is 0.240 e. The first-order valence-corrected chi connectivity index (χ1v) is 8.23. The molecule has 1 aliphatic rings. The van der Waals surface area contributed by atoms with Gasteiger partial charge in [0.05, 0.1) is 17.3 Å². The van der Waals surface area contributed by atoms with Crippen molar-refractivity contribution in [2.45, 2.75) is 25.7 Å². The molecule has 0 spiro atoms. The second-order valence-corrected chi connectivity index (χ2v) is 5.74. The summed E-state index contributed by atoms with van der Waals surface area (Å²) >= 11 is 6.23. The summed E-state index contributed by atoms with van der Waals surface area (Å²) in [5.74, 6) is 0.436.